The monoisotopic (exact) mass is 351 g/mol. The van der Waals surface area contributed by atoms with Crippen molar-refractivity contribution in [3.8, 4) is 0 Å². The molecule has 6 heteroatoms. The molecule has 0 aliphatic carbocycles. The molecule has 136 valence electrons. The first-order valence-electron chi connectivity index (χ1n) is 8.87. The Bertz CT molecular complexity index is 322. The number of carbonyl (C=O) groups excluding carboxylic acids is 2. The van der Waals surface area contributed by atoms with Crippen molar-refractivity contribution < 1.29 is 49.0 Å². The van der Waals surface area contributed by atoms with Crippen LogP contribution in [0.5, 0.6) is 0 Å². The minimum atomic E-state index is -0.995. The summed E-state index contributed by atoms with van der Waals surface area (Å²) in [5.41, 5.74) is -0.0120. The number of rotatable bonds is 13. The van der Waals surface area contributed by atoms with Crippen LogP contribution in [0.2, 0.25) is 0 Å². The van der Waals surface area contributed by atoms with Crippen LogP contribution in [0.3, 0.4) is 0 Å². The van der Waals surface area contributed by atoms with Gasteiger partial charge in [0, 0.05) is 5.97 Å². The van der Waals surface area contributed by atoms with Gasteiger partial charge in [0.2, 0.25) is 0 Å². The molecule has 0 aliphatic heterocycles. The fraction of sp³-hybridized carbons (Fsp3) is 0.833. The second kappa shape index (κ2) is 22.6. The van der Waals surface area contributed by atoms with Crippen LogP contribution < -0.4 is 34.7 Å². The summed E-state index contributed by atoms with van der Waals surface area (Å²) in [5, 5.41) is 16.3. The van der Waals surface area contributed by atoms with E-state index in [2.05, 4.69) is 6.92 Å². The number of unbranched alkanes of at least 4 members (excludes halogenated alkanes) is 9. The first kappa shape index (κ1) is 28.4. The van der Waals surface area contributed by atoms with Gasteiger partial charge in [-0.3, -0.25) is 5.41 Å². The third-order valence-corrected chi connectivity index (χ3v) is 3.33. The second-order valence-electron chi connectivity index (χ2n) is 5.67. The van der Waals surface area contributed by atoms with Crippen LogP contribution in [0.4, 0.5) is 0 Å². The van der Waals surface area contributed by atoms with Crippen molar-refractivity contribution >= 4 is 17.7 Å². The molecule has 0 aliphatic rings. The summed E-state index contributed by atoms with van der Waals surface area (Å²) in [6.07, 6.45) is 12.8. The number of ether oxygens (including phenoxy) is 1. The van der Waals surface area contributed by atoms with Gasteiger partial charge in [-0.25, -0.2) is 4.79 Å². The number of aliphatic carboxylic acids is 1. The maximum Gasteiger partial charge on any atom is 1.00 e. The normalized spacial score (nSPS) is 9.29. The average molecular weight is 351 g/mol. The van der Waals surface area contributed by atoms with E-state index in [0.717, 1.165) is 12.8 Å². The maximum absolute atomic E-state index is 11.0. The van der Waals surface area contributed by atoms with Gasteiger partial charge in [0.1, 0.15) is 5.71 Å². The number of hydrogen-bond donors (Lipinski definition) is 1. The van der Waals surface area contributed by atoms with Crippen molar-refractivity contribution in [2.45, 2.75) is 91.4 Å². The third kappa shape index (κ3) is 26.5. The Kier molecular flexibility index (Phi) is 26.8. The Morgan fingerprint density at radius 3 is 1.58 bits per heavy atom. The topological polar surface area (TPSA) is 90.3 Å². The van der Waals surface area contributed by atoms with Crippen molar-refractivity contribution in [1.82, 2.24) is 0 Å². The number of carboxylic acids is 1. The molecule has 0 bridgehead atoms. The molecule has 0 saturated carbocycles. The van der Waals surface area contributed by atoms with Crippen LogP contribution in [-0.4, -0.2) is 24.3 Å². The van der Waals surface area contributed by atoms with E-state index in [4.69, 9.17) is 10.1 Å². The van der Waals surface area contributed by atoms with Gasteiger partial charge < -0.3 is 14.6 Å². The summed E-state index contributed by atoms with van der Waals surface area (Å²) in [4.78, 5) is 20.2. The van der Waals surface area contributed by atoms with Crippen molar-refractivity contribution in [3.63, 3.8) is 0 Å². The van der Waals surface area contributed by atoms with E-state index in [1.54, 1.807) is 0 Å². The Hall–Kier alpha value is -0.390. The Morgan fingerprint density at radius 1 is 0.875 bits per heavy atom. The molecule has 0 spiro atoms. The molecule has 0 fully saturated rings. The summed E-state index contributed by atoms with van der Waals surface area (Å²) in [7, 11) is 0. The third-order valence-electron chi connectivity index (χ3n) is 3.33. The number of nitrogens with one attached hydrogen (secondary N) is 1. The minimum Gasteiger partial charge on any atom is -0.550 e. The summed E-state index contributed by atoms with van der Waals surface area (Å²) in [5.74, 6) is -1.48. The quantitative estimate of drug-likeness (QED) is 0.228. The van der Waals surface area contributed by atoms with Crippen LogP contribution in [0.1, 0.15) is 91.4 Å². The van der Waals surface area contributed by atoms with Crippen LogP contribution >= 0.6 is 0 Å². The number of carbonyl (C=O) groups is 2. The van der Waals surface area contributed by atoms with Crippen LogP contribution in [0, 0.1) is 5.41 Å². The molecule has 0 aromatic heterocycles. The standard InChI is InChI=1S/C15H29NO2.C3H6O2.Na/c1-3-4-5-6-7-8-9-10-11-12-13-18-15(17)14(2)16;1-2-3(4)5;/h16H,3-13H2,1-2H3;2H2,1H3,(H,4,5);/q;;+1/p-1. The molecule has 0 amide bonds. The SMILES string of the molecule is CCC(=O)[O-].CCCCCCCCCCCCOC(=O)C(C)=N.[Na+]. The van der Waals surface area contributed by atoms with Crippen molar-refractivity contribution in [2.24, 2.45) is 0 Å². The van der Waals surface area contributed by atoms with E-state index < -0.39 is 11.9 Å². The Morgan fingerprint density at radius 2 is 1.25 bits per heavy atom. The van der Waals surface area contributed by atoms with Gasteiger partial charge in [-0.05, 0) is 19.8 Å². The molecule has 0 saturated heterocycles. The molecule has 24 heavy (non-hydrogen) atoms. The summed E-state index contributed by atoms with van der Waals surface area (Å²) in [6, 6.07) is 0. The van der Waals surface area contributed by atoms with E-state index in [-0.39, 0.29) is 41.7 Å². The number of hydrogen-bond acceptors (Lipinski definition) is 5. The Balaban J connectivity index is -0.000000639. The fourth-order valence-corrected chi connectivity index (χ4v) is 1.86. The zero-order valence-corrected chi connectivity index (χ0v) is 18.1. The van der Waals surface area contributed by atoms with Crippen molar-refractivity contribution in [2.75, 3.05) is 6.61 Å². The molecule has 0 rings (SSSR count). The molecule has 0 aromatic carbocycles. The van der Waals surface area contributed by atoms with Crippen LogP contribution in [0.15, 0.2) is 0 Å². The van der Waals surface area contributed by atoms with E-state index in [1.807, 2.05) is 0 Å². The van der Waals surface area contributed by atoms with Gasteiger partial charge in [-0.15, -0.1) is 0 Å². The molecule has 5 nitrogen and oxygen atoms in total. The first-order valence-corrected chi connectivity index (χ1v) is 8.87. The van der Waals surface area contributed by atoms with Crippen LogP contribution in [-0.2, 0) is 14.3 Å². The molecule has 0 aromatic rings. The predicted molar refractivity (Wildman–Crippen MR) is 91.5 cm³/mol. The Labute approximate surface area is 169 Å². The van der Waals surface area contributed by atoms with Crippen molar-refractivity contribution in [1.29, 1.82) is 5.41 Å². The minimum absolute atomic E-state index is 0. The van der Waals surface area contributed by atoms with Gasteiger partial charge in [-0.2, -0.15) is 0 Å². The van der Waals surface area contributed by atoms with Gasteiger partial charge in [0.25, 0.3) is 0 Å². The molecular weight excluding hydrogens is 317 g/mol. The predicted octanol–water partition coefficient (Wildman–Crippen LogP) is 0.640. The number of carboxylic acid groups (broad SMARTS) is 1. The van der Waals surface area contributed by atoms with Gasteiger partial charge in [0.05, 0.1) is 6.61 Å². The van der Waals surface area contributed by atoms with Gasteiger partial charge in [-0.1, -0.05) is 71.6 Å². The fourth-order valence-electron chi connectivity index (χ4n) is 1.86. The van der Waals surface area contributed by atoms with Crippen LogP contribution in [0.25, 0.3) is 0 Å². The second-order valence-corrected chi connectivity index (χ2v) is 5.67. The summed E-state index contributed by atoms with van der Waals surface area (Å²) >= 11 is 0. The van der Waals surface area contributed by atoms with E-state index in [0.29, 0.717) is 6.61 Å². The molecule has 0 radical (unpaired) electrons. The largest absolute Gasteiger partial charge is 1.00 e. The zero-order chi connectivity index (χ0) is 17.9. The van der Waals surface area contributed by atoms with Gasteiger partial charge in [0.15, 0.2) is 0 Å². The molecule has 0 unspecified atom stereocenters. The zero-order valence-electron chi connectivity index (χ0n) is 16.1. The molecular formula is C18H34NNaO4. The van der Waals surface area contributed by atoms with E-state index >= 15 is 0 Å². The van der Waals surface area contributed by atoms with E-state index in [9.17, 15) is 14.7 Å². The first-order chi connectivity index (χ1) is 11.0. The molecule has 0 atom stereocenters. The van der Waals surface area contributed by atoms with Gasteiger partial charge >= 0.3 is 35.5 Å². The summed E-state index contributed by atoms with van der Waals surface area (Å²) in [6.45, 7) is 5.70. The average Bonchev–Trinajstić information content (AvgIpc) is 2.52. The molecule has 0 heterocycles. The maximum atomic E-state index is 11.0. The molecule has 1 N–H and O–H groups in total. The van der Waals surface area contributed by atoms with Crippen molar-refractivity contribution in [3.05, 3.63) is 0 Å². The smallest absolute Gasteiger partial charge is 0.550 e. The van der Waals surface area contributed by atoms with E-state index in [1.165, 1.54) is 65.2 Å². The number of esters is 1. The summed E-state index contributed by atoms with van der Waals surface area (Å²) < 4.78 is 4.91.